The Morgan fingerprint density at radius 3 is 2.44 bits per heavy atom. The molecule has 3 rings (SSSR count). The zero-order chi connectivity index (χ0) is 17.8. The van der Waals surface area contributed by atoms with E-state index in [1.807, 2.05) is 30.0 Å². The summed E-state index contributed by atoms with van der Waals surface area (Å²) in [5.74, 6) is 0.157. The van der Waals surface area contributed by atoms with Gasteiger partial charge in [-0.3, -0.25) is 4.79 Å². The van der Waals surface area contributed by atoms with Gasteiger partial charge in [0.25, 0.3) is 0 Å². The van der Waals surface area contributed by atoms with Gasteiger partial charge in [-0.2, -0.15) is 0 Å². The second-order valence-electron chi connectivity index (χ2n) is 5.99. The quantitative estimate of drug-likeness (QED) is 0.861. The summed E-state index contributed by atoms with van der Waals surface area (Å²) in [7, 11) is 0. The predicted octanol–water partition coefficient (Wildman–Crippen LogP) is 4.28. The number of carbonyl (C=O) groups excluding carboxylic acids is 2. The predicted molar refractivity (Wildman–Crippen MR) is 99.9 cm³/mol. The van der Waals surface area contributed by atoms with Crippen molar-refractivity contribution in [2.75, 3.05) is 17.2 Å². The Hall–Kier alpha value is -2.53. The molecule has 3 amide bonds. The Morgan fingerprint density at radius 1 is 1.04 bits per heavy atom. The maximum Gasteiger partial charge on any atom is 0.323 e. The van der Waals surface area contributed by atoms with Crippen LogP contribution in [0.15, 0.2) is 42.5 Å². The van der Waals surface area contributed by atoms with Crippen LogP contribution in [-0.2, 0) is 17.8 Å². The average Bonchev–Trinajstić information content (AvgIpc) is 2.62. The lowest BCUT2D eigenvalue weighted by Crippen LogP contribution is -2.35. The van der Waals surface area contributed by atoms with Crippen molar-refractivity contribution >= 4 is 34.9 Å². The number of fused-ring (bicyclic) bond motifs is 1. The molecule has 0 saturated heterocycles. The van der Waals surface area contributed by atoms with Crippen molar-refractivity contribution in [3.63, 3.8) is 0 Å². The van der Waals surface area contributed by atoms with Gasteiger partial charge in [0.1, 0.15) is 0 Å². The topological polar surface area (TPSA) is 61.4 Å². The number of nitrogens with one attached hydrogen (secondary N) is 2. The second kappa shape index (κ2) is 7.57. The number of benzene rings is 2. The molecule has 1 heterocycles. The Balaban J connectivity index is 1.66. The summed E-state index contributed by atoms with van der Waals surface area (Å²) in [4.78, 5) is 25.9. The van der Waals surface area contributed by atoms with Gasteiger partial charge in [0.05, 0.1) is 0 Å². The third-order valence-electron chi connectivity index (χ3n) is 4.23. The van der Waals surface area contributed by atoms with Gasteiger partial charge in [-0.25, -0.2) is 4.79 Å². The molecule has 2 N–H and O–H groups in total. The molecule has 25 heavy (non-hydrogen) atoms. The lowest BCUT2D eigenvalue weighted by Gasteiger charge is -2.29. The van der Waals surface area contributed by atoms with Gasteiger partial charge in [0.2, 0.25) is 5.91 Å². The van der Waals surface area contributed by atoms with Crippen LogP contribution in [0.2, 0.25) is 5.02 Å². The van der Waals surface area contributed by atoms with Crippen LogP contribution in [0.5, 0.6) is 0 Å². The van der Waals surface area contributed by atoms with Gasteiger partial charge in [-0.15, -0.1) is 0 Å². The molecule has 2 aromatic rings. The number of hydrogen-bond donors (Lipinski definition) is 2. The van der Waals surface area contributed by atoms with E-state index in [2.05, 4.69) is 10.6 Å². The van der Waals surface area contributed by atoms with E-state index in [1.165, 1.54) is 5.56 Å². The van der Waals surface area contributed by atoms with Gasteiger partial charge in [0, 0.05) is 35.9 Å². The normalized spacial score (nSPS) is 13.1. The molecule has 0 bridgehead atoms. The van der Waals surface area contributed by atoms with Gasteiger partial charge >= 0.3 is 6.03 Å². The summed E-state index contributed by atoms with van der Waals surface area (Å²) >= 11 is 5.83. The van der Waals surface area contributed by atoms with Crippen LogP contribution >= 0.6 is 11.6 Å². The van der Waals surface area contributed by atoms with E-state index < -0.39 is 0 Å². The smallest absolute Gasteiger partial charge is 0.323 e. The average molecular weight is 358 g/mol. The van der Waals surface area contributed by atoms with E-state index >= 15 is 0 Å². The third kappa shape index (κ3) is 4.31. The van der Waals surface area contributed by atoms with E-state index in [0.29, 0.717) is 29.4 Å². The van der Waals surface area contributed by atoms with Crippen LogP contribution < -0.4 is 10.6 Å². The maximum absolute atomic E-state index is 12.1. The number of hydrogen-bond acceptors (Lipinski definition) is 2. The van der Waals surface area contributed by atoms with Crippen LogP contribution in [0.4, 0.5) is 16.2 Å². The molecule has 5 nitrogen and oxygen atoms in total. The third-order valence-corrected chi connectivity index (χ3v) is 4.49. The van der Waals surface area contributed by atoms with Crippen LogP contribution in [0.1, 0.15) is 24.5 Å². The monoisotopic (exact) mass is 357 g/mol. The molecule has 130 valence electrons. The van der Waals surface area contributed by atoms with E-state index in [0.717, 1.165) is 18.5 Å². The van der Waals surface area contributed by atoms with E-state index in [1.54, 1.807) is 24.3 Å². The largest absolute Gasteiger partial charge is 0.338 e. The lowest BCUT2D eigenvalue weighted by atomic mass is 9.99. The van der Waals surface area contributed by atoms with Crippen molar-refractivity contribution in [3.8, 4) is 0 Å². The summed E-state index contributed by atoms with van der Waals surface area (Å²) in [6.07, 6.45) is 1.36. The van der Waals surface area contributed by atoms with Crippen LogP contribution in [-0.4, -0.2) is 23.4 Å². The molecule has 0 spiro atoms. The molecule has 0 atom stereocenters. The number of amides is 3. The van der Waals surface area contributed by atoms with Crippen LogP contribution in [0, 0.1) is 0 Å². The number of carbonyl (C=O) groups is 2. The fourth-order valence-electron chi connectivity index (χ4n) is 2.90. The highest BCUT2D eigenvalue weighted by molar-refractivity contribution is 6.30. The van der Waals surface area contributed by atoms with Crippen molar-refractivity contribution < 1.29 is 9.59 Å². The first kappa shape index (κ1) is 17.3. The zero-order valence-electron chi connectivity index (χ0n) is 14.0. The summed E-state index contributed by atoms with van der Waals surface area (Å²) in [6, 6.07) is 12.4. The molecular formula is C19H20ClN3O2. The van der Waals surface area contributed by atoms with Crippen molar-refractivity contribution in [3.05, 3.63) is 58.6 Å². The first-order chi connectivity index (χ1) is 12.0. The van der Waals surface area contributed by atoms with Gasteiger partial charge in [-0.1, -0.05) is 24.6 Å². The summed E-state index contributed by atoms with van der Waals surface area (Å²) < 4.78 is 0. The summed E-state index contributed by atoms with van der Waals surface area (Å²) in [5, 5.41) is 6.20. The molecule has 0 radical (unpaired) electrons. The highest BCUT2D eigenvalue weighted by Crippen LogP contribution is 2.23. The molecule has 0 aromatic heterocycles. The van der Waals surface area contributed by atoms with E-state index in [4.69, 9.17) is 11.6 Å². The Morgan fingerprint density at radius 2 is 1.72 bits per heavy atom. The fourth-order valence-corrected chi connectivity index (χ4v) is 3.02. The molecular weight excluding hydrogens is 338 g/mol. The van der Waals surface area contributed by atoms with Crippen molar-refractivity contribution in [1.29, 1.82) is 0 Å². The molecule has 6 heteroatoms. The number of anilines is 2. The van der Waals surface area contributed by atoms with E-state index in [-0.39, 0.29) is 11.9 Å². The minimum absolute atomic E-state index is 0.157. The molecule has 0 saturated carbocycles. The van der Waals surface area contributed by atoms with Gasteiger partial charge in [-0.05, 0) is 53.9 Å². The number of rotatable bonds is 3. The lowest BCUT2D eigenvalue weighted by molar-refractivity contribution is -0.131. The van der Waals surface area contributed by atoms with Crippen LogP contribution in [0.25, 0.3) is 0 Å². The minimum Gasteiger partial charge on any atom is -0.338 e. The standard InChI is InChI=1S/C19H20ClN3O2/c1-2-18(24)23-10-9-13-3-6-17(11-14(13)12-23)22-19(25)21-16-7-4-15(20)5-8-16/h3-8,11H,2,9-10,12H2,1H3,(H2,21,22,25). The number of nitrogens with zero attached hydrogens (tertiary/aromatic N) is 1. The highest BCUT2D eigenvalue weighted by Gasteiger charge is 2.19. The zero-order valence-corrected chi connectivity index (χ0v) is 14.8. The summed E-state index contributed by atoms with van der Waals surface area (Å²) in [5.41, 5.74) is 3.68. The van der Waals surface area contributed by atoms with E-state index in [9.17, 15) is 9.59 Å². The molecule has 2 aromatic carbocycles. The Kier molecular flexibility index (Phi) is 5.24. The van der Waals surface area contributed by atoms with Gasteiger partial charge < -0.3 is 15.5 Å². The Bertz CT molecular complexity index is 790. The molecule has 1 aliphatic rings. The van der Waals surface area contributed by atoms with Crippen molar-refractivity contribution in [1.82, 2.24) is 4.90 Å². The number of halogens is 1. The SMILES string of the molecule is CCC(=O)N1CCc2ccc(NC(=O)Nc3ccc(Cl)cc3)cc2C1. The summed E-state index contributed by atoms with van der Waals surface area (Å²) in [6.45, 7) is 3.22. The van der Waals surface area contributed by atoms with Gasteiger partial charge in [0.15, 0.2) is 0 Å². The molecule has 0 unspecified atom stereocenters. The van der Waals surface area contributed by atoms with Crippen molar-refractivity contribution in [2.24, 2.45) is 0 Å². The maximum atomic E-state index is 12.1. The Labute approximate surface area is 152 Å². The van der Waals surface area contributed by atoms with Crippen molar-refractivity contribution in [2.45, 2.75) is 26.3 Å². The first-order valence-corrected chi connectivity index (χ1v) is 8.66. The number of urea groups is 1. The molecule has 0 aliphatic carbocycles. The molecule has 1 aliphatic heterocycles. The highest BCUT2D eigenvalue weighted by atomic mass is 35.5. The second-order valence-corrected chi connectivity index (χ2v) is 6.42. The first-order valence-electron chi connectivity index (χ1n) is 8.28. The minimum atomic E-state index is -0.320. The fraction of sp³-hybridized carbons (Fsp3) is 0.263. The van der Waals surface area contributed by atoms with Crippen LogP contribution in [0.3, 0.4) is 0 Å². The molecule has 0 fully saturated rings.